The number of urea groups is 1. The molecular formula is C10H17F3N2O4S. The molecule has 0 aliphatic heterocycles. The van der Waals surface area contributed by atoms with E-state index in [0.29, 0.717) is 10.7 Å². The van der Waals surface area contributed by atoms with Crippen molar-refractivity contribution in [2.75, 3.05) is 31.7 Å². The summed E-state index contributed by atoms with van der Waals surface area (Å²) in [7, 11) is 0. The minimum Gasteiger partial charge on any atom is -0.480 e. The highest BCUT2D eigenvalue weighted by atomic mass is 32.2. The number of hydrogen-bond acceptors (Lipinski definition) is 4. The molecule has 0 aromatic heterocycles. The topological polar surface area (TPSA) is 89.9 Å². The summed E-state index contributed by atoms with van der Waals surface area (Å²) in [5.74, 6) is -0.875. The maximum atomic E-state index is 12.3. The molecule has 0 spiro atoms. The Morgan fingerprint density at radius 3 is 2.40 bits per heavy atom. The molecule has 20 heavy (non-hydrogen) atoms. The van der Waals surface area contributed by atoms with Crippen LogP contribution in [0.3, 0.4) is 0 Å². The highest BCUT2D eigenvalue weighted by Crippen LogP contribution is 2.16. The molecule has 10 heteroatoms. The van der Waals surface area contributed by atoms with Gasteiger partial charge in [0.2, 0.25) is 0 Å². The van der Waals surface area contributed by atoms with Gasteiger partial charge in [0, 0.05) is 6.54 Å². The van der Waals surface area contributed by atoms with Gasteiger partial charge in [0.25, 0.3) is 0 Å². The van der Waals surface area contributed by atoms with Gasteiger partial charge < -0.3 is 20.4 Å². The first-order chi connectivity index (χ1) is 9.21. The highest BCUT2D eigenvalue weighted by Gasteiger charge is 2.33. The lowest BCUT2D eigenvalue weighted by molar-refractivity contribution is -0.141. The van der Waals surface area contributed by atoms with E-state index in [1.807, 2.05) is 5.32 Å². The number of carboxylic acid groups (broad SMARTS) is 1. The molecule has 1 atom stereocenters. The van der Waals surface area contributed by atoms with Gasteiger partial charge in [-0.05, 0) is 18.4 Å². The van der Waals surface area contributed by atoms with Gasteiger partial charge in [-0.1, -0.05) is 0 Å². The quantitative estimate of drug-likeness (QED) is 0.615. The van der Waals surface area contributed by atoms with Crippen LogP contribution >= 0.6 is 11.8 Å². The van der Waals surface area contributed by atoms with E-state index in [1.165, 1.54) is 11.8 Å². The molecule has 0 aliphatic carbocycles. The maximum absolute atomic E-state index is 12.3. The summed E-state index contributed by atoms with van der Waals surface area (Å²) in [5.41, 5.74) is 0. The summed E-state index contributed by atoms with van der Waals surface area (Å²) in [6, 6.07) is -2.42. The maximum Gasteiger partial charge on any atom is 0.406 e. The molecule has 0 rings (SSSR count). The molecule has 0 saturated carbocycles. The second-order valence-electron chi connectivity index (χ2n) is 3.88. The van der Waals surface area contributed by atoms with E-state index in [2.05, 4.69) is 0 Å². The van der Waals surface area contributed by atoms with Gasteiger partial charge in [-0.25, -0.2) is 9.59 Å². The molecule has 0 aliphatic rings. The summed E-state index contributed by atoms with van der Waals surface area (Å²) in [6.45, 7) is -2.72. The molecule has 0 unspecified atom stereocenters. The van der Waals surface area contributed by atoms with Crippen molar-refractivity contribution < 1.29 is 33.0 Å². The summed E-state index contributed by atoms with van der Waals surface area (Å²) >= 11 is 1.35. The van der Waals surface area contributed by atoms with Crippen LogP contribution in [0.5, 0.6) is 0 Å². The van der Waals surface area contributed by atoms with Gasteiger partial charge in [-0.3, -0.25) is 0 Å². The average Bonchev–Trinajstić information content (AvgIpc) is 2.31. The van der Waals surface area contributed by atoms with Gasteiger partial charge in [0.1, 0.15) is 12.6 Å². The number of carbonyl (C=O) groups is 2. The first-order valence-corrected chi connectivity index (χ1v) is 7.05. The van der Waals surface area contributed by atoms with Crippen LogP contribution in [0.2, 0.25) is 0 Å². The molecule has 0 bridgehead atoms. The number of rotatable bonds is 8. The van der Waals surface area contributed by atoms with Crippen molar-refractivity contribution in [1.82, 2.24) is 10.2 Å². The summed E-state index contributed by atoms with van der Waals surface area (Å²) in [4.78, 5) is 22.8. The van der Waals surface area contributed by atoms with Crippen LogP contribution in [0.15, 0.2) is 0 Å². The first-order valence-electron chi connectivity index (χ1n) is 5.66. The number of aliphatic carboxylic acids is 1. The normalized spacial score (nSPS) is 12.8. The zero-order chi connectivity index (χ0) is 15.8. The molecule has 0 heterocycles. The molecule has 0 aromatic carbocycles. The molecule has 0 fully saturated rings. The molecule has 118 valence electrons. The lowest BCUT2D eigenvalue weighted by Gasteiger charge is -2.25. The van der Waals surface area contributed by atoms with Gasteiger partial charge in [0.05, 0.1) is 6.61 Å². The van der Waals surface area contributed by atoms with E-state index < -0.39 is 43.9 Å². The molecule has 0 aromatic rings. The Balaban J connectivity index is 4.66. The molecule has 2 amide bonds. The predicted molar refractivity (Wildman–Crippen MR) is 67.7 cm³/mol. The fourth-order valence-electron chi connectivity index (χ4n) is 1.32. The standard InChI is InChI=1S/C10H17F3N2O4S/c1-20-5-2-7(8(17)18)14-9(19)15(3-4-16)6-10(11,12)13/h7,16H,2-6H2,1H3,(H,14,19)(H,17,18)/t7-/m1/s1. The van der Waals surface area contributed by atoms with Crippen LogP contribution in [-0.2, 0) is 4.79 Å². The third-order valence-corrected chi connectivity index (χ3v) is 2.88. The van der Waals surface area contributed by atoms with Crippen molar-refractivity contribution >= 4 is 23.8 Å². The van der Waals surface area contributed by atoms with Gasteiger partial charge in [0.15, 0.2) is 0 Å². The van der Waals surface area contributed by atoms with Crippen molar-refractivity contribution in [3.05, 3.63) is 0 Å². The molecule has 0 radical (unpaired) electrons. The second kappa shape index (κ2) is 8.90. The van der Waals surface area contributed by atoms with Crippen LogP contribution in [0.1, 0.15) is 6.42 Å². The van der Waals surface area contributed by atoms with Crippen molar-refractivity contribution in [2.45, 2.75) is 18.6 Å². The Hall–Kier alpha value is -1.16. The van der Waals surface area contributed by atoms with Gasteiger partial charge in [-0.15, -0.1) is 0 Å². The Labute approximate surface area is 118 Å². The largest absolute Gasteiger partial charge is 0.480 e. The summed E-state index contributed by atoms with van der Waals surface area (Å²) in [5, 5.41) is 19.6. The van der Waals surface area contributed by atoms with Crippen molar-refractivity contribution in [1.29, 1.82) is 0 Å². The number of amides is 2. The minimum atomic E-state index is -4.62. The number of aliphatic hydroxyl groups is 1. The number of thioether (sulfide) groups is 1. The van der Waals surface area contributed by atoms with Crippen molar-refractivity contribution in [3.8, 4) is 0 Å². The Kier molecular flexibility index (Phi) is 8.39. The van der Waals surface area contributed by atoms with E-state index >= 15 is 0 Å². The average molecular weight is 318 g/mol. The van der Waals surface area contributed by atoms with Crippen molar-refractivity contribution in [3.63, 3.8) is 0 Å². The van der Waals surface area contributed by atoms with E-state index in [9.17, 15) is 22.8 Å². The minimum absolute atomic E-state index is 0.0984. The van der Waals surface area contributed by atoms with E-state index in [1.54, 1.807) is 6.26 Å². The van der Waals surface area contributed by atoms with Crippen molar-refractivity contribution in [2.24, 2.45) is 0 Å². The number of hydrogen-bond donors (Lipinski definition) is 3. The number of carbonyl (C=O) groups excluding carboxylic acids is 1. The van der Waals surface area contributed by atoms with Crippen LogP contribution in [0, 0.1) is 0 Å². The monoisotopic (exact) mass is 318 g/mol. The van der Waals surface area contributed by atoms with Crippen LogP contribution < -0.4 is 5.32 Å². The second-order valence-corrected chi connectivity index (χ2v) is 4.87. The van der Waals surface area contributed by atoms with Crippen LogP contribution in [-0.4, -0.2) is 71.0 Å². The predicted octanol–water partition coefficient (Wildman–Crippen LogP) is 0.759. The third kappa shape index (κ3) is 8.10. The number of halogens is 3. The number of aliphatic hydroxyl groups excluding tert-OH is 1. The van der Waals surface area contributed by atoms with Crippen LogP contribution in [0.25, 0.3) is 0 Å². The Morgan fingerprint density at radius 1 is 1.40 bits per heavy atom. The fourth-order valence-corrected chi connectivity index (χ4v) is 1.79. The number of nitrogens with one attached hydrogen (secondary N) is 1. The smallest absolute Gasteiger partial charge is 0.406 e. The molecular weight excluding hydrogens is 301 g/mol. The van der Waals surface area contributed by atoms with E-state index in [4.69, 9.17) is 10.2 Å². The van der Waals surface area contributed by atoms with Crippen LogP contribution in [0.4, 0.5) is 18.0 Å². The molecule has 3 N–H and O–H groups in total. The Bertz CT molecular complexity index is 328. The Morgan fingerprint density at radius 2 is 2.00 bits per heavy atom. The summed E-state index contributed by atoms with van der Waals surface area (Å²) in [6.07, 6.45) is -2.78. The lowest BCUT2D eigenvalue weighted by Crippen LogP contribution is -2.51. The third-order valence-electron chi connectivity index (χ3n) is 2.23. The fraction of sp³-hybridized carbons (Fsp3) is 0.800. The SMILES string of the molecule is CSCC[C@@H](NC(=O)N(CCO)CC(F)(F)F)C(=O)O. The first kappa shape index (κ1) is 18.8. The summed E-state index contributed by atoms with van der Waals surface area (Å²) < 4.78 is 36.8. The van der Waals surface area contributed by atoms with E-state index in [-0.39, 0.29) is 6.42 Å². The number of alkyl halides is 3. The zero-order valence-electron chi connectivity index (χ0n) is 10.8. The zero-order valence-corrected chi connectivity index (χ0v) is 11.6. The molecule has 6 nitrogen and oxygen atoms in total. The van der Waals surface area contributed by atoms with E-state index in [0.717, 1.165) is 0 Å². The highest BCUT2D eigenvalue weighted by molar-refractivity contribution is 7.98. The van der Waals surface area contributed by atoms with Gasteiger partial charge in [-0.2, -0.15) is 24.9 Å². The number of nitrogens with zero attached hydrogens (tertiary/aromatic N) is 1. The lowest BCUT2D eigenvalue weighted by atomic mass is 10.2. The van der Waals surface area contributed by atoms with Gasteiger partial charge >= 0.3 is 18.2 Å². The number of carboxylic acids is 1. The molecule has 0 saturated heterocycles.